The Morgan fingerprint density at radius 2 is 1.31 bits per heavy atom. The van der Waals surface area contributed by atoms with Crippen molar-refractivity contribution >= 4 is 23.7 Å². The van der Waals surface area contributed by atoms with Crippen molar-refractivity contribution in [3.05, 3.63) is 41.5 Å². The van der Waals surface area contributed by atoms with Gasteiger partial charge in [-0.1, -0.05) is 6.07 Å². The van der Waals surface area contributed by atoms with E-state index in [-0.39, 0.29) is 32.7 Å². The van der Waals surface area contributed by atoms with Crippen LogP contribution in [-0.4, -0.2) is 95.8 Å². The molecule has 1 aromatic rings. The number of nitrogens with zero attached hydrogens (tertiary/aromatic N) is 3. The second-order valence-electron chi connectivity index (χ2n) is 9.16. The number of carbonyl (C=O) groups excluding carboxylic acids is 1. The fraction of sp³-hybridized carbons (Fsp3) is 0.542. The molecular weight excluding hydrogens is 597 g/mol. The molecule has 2 aliphatic rings. The molecule has 2 aliphatic heterocycles. The number of hydrogen-bond acceptors (Lipinski definition) is 6. The number of anilines is 1. The Bertz CT molecular complexity index is 1090. The summed E-state index contributed by atoms with van der Waals surface area (Å²) in [6.45, 7) is 1.22. The topological polar surface area (TPSA) is 111 Å². The highest BCUT2D eigenvalue weighted by molar-refractivity contribution is 5.89. The van der Waals surface area contributed by atoms with Crippen molar-refractivity contribution in [1.29, 1.82) is 0 Å². The number of alkyl halides is 9. The van der Waals surface area contributed by atoms with Crippen LogP contribution in [0.2, 0.25) is 0 Å². The van der Waals surface area contributed by atoms with Crippen molar-refractivity contribution in [2.24, 2.45) is 0 Å². The first-order chi connectivity index (χ1) is 19.3. The predicted octanol–water partition coefficient (Wildman–Crippen LogP) is 4.76. The number of aliphatic carboxylic acids is 2. The second kappa shape index (κ2) is 14.0. The molecule has 2 heterocycles. The van der Waals surface area contributed by atoms with E-state index in [2.05, 4.69) is 4.74 Å². The Balaban J connectivity index is 0.000000675. The highest BCUT2D eigenvalue weighted by Gasteiger charge is 2.60. The molecule has 2 saturated heterocycles. The van der Waals surface area contributed by atoms with Gasteiger partial charge in [-0.15, -0.1) is 0 Å². The van der Waals surface area contributed by atoms with Crippen LogP contribution in [0.1, 0.15) is 24.0 Å². The number of carbonyl (C=O) groups is 3. The largest absolute Gasteiger partial charge is 0.478 e. The molecule has 0 radical (unpaired) electrons. The SMILES string of the molecule is O=C(O)/C=C/C(=O)O.O=C(OC(C(F)(F)F)C(F)(F)F)N1CCN(Cc2ccc(C(F)(F)F)cc2N2CCCC2)CC1. The molecule has 0 bridgehead atoms. The van der Waals surface area contributed by atoms with Crippen LogP contribution in [0.4, 0.5) is 50.0 Å². The first kappa shape index (κ1) is 34.5. The predicted molar refractivity (Wildman–Crippen MR) is 127 cm³/mol. The van der Waals surface area contributed by atoms with Gasteiger partial charge in [0.2, 0.25) is 0 Å². The maximum atomic E-state index is 13.2. The molecular formula is C24H26F9N3O6. The summed E-state index contributed by atoms with van der Waals surface area (Å²) in [6, 6.07) is 3.42. The lowest BCUT2D eigenvalue weighted by molar-refractivity contribution is -0.308. The fourth-order valence-electron chi connectivity index (χ4n) is 4.09. The van der Waals surface area contributed by atoms with Crippen LogP contribution in [0.3, 0.4) is 0 Å². The lowest BCUT2D eigenvalue weighted by Crippen LogP contribution is -2.52. The van der Waals surface area contributed by atoms with Crippen LogP contribution in [0.5, 0.6) is 0 Å². The minimum atomic E-state index is -5.80. The molecule has 1 aromatic carbocycles. The summed E-state index contributed by atoms with van der Waals surface area (Å²) in [6.07, 6.45) is -19.3. The quantitative estimate of drug-likeness (QED) is 0.345. The smallest absolute Gasteiger partial charge is 0.434 e. The number of piperazine rings is 1. The molecule has 18 heteroatoms. The van der Waals surface area contributed by atoms with Gasteiger partial charge in [-0.05, 0) is 30.5 Å². The monoisotopic (exact) mass is 623 g/mol. The van der Waals surface area contributed by atoms with E-state index in [0.717, 1.165) is 29.9 Å². The van der Waals surface area contributed by atoms with Crippen LogP contribution in [-0.2, 0) is 27.0 Å². The summed E-state index contributed by atoms with van der Waals surface area (Å²) in [5, 5.41) is 15.6. The molecule has 2 N–H and O–H groups in total. The normalized spacial score (nSPS) is 16.9. The minimum absolute atomic E-state index is 0.0955. The van der Waals surface area contributed by atoms with Gasteiger partial charge in [-0.3, -0.25) is 4.90 Å². The Kier molecular flexibility index (Phi) is 11.5. The number of halogens is 9. The van der Waals surface area contributed by atoms with Gasteiger partial charge < -0.3 is 24.7 Å². The highest BCUT2D eigenvalue weighted by atomic mass is 19.4. The van der Waals surface area contributed by atoms with Gasteiger partial charge in [0.15, 0.2) is 0 Å². The average molecular weight is 623 g/mol. The Morgan fingerprint density at radius 3 is 1.74 bits per heavy atom. The number of carboxylic acid groups (broad SMARTS) is 2. The van der Waals surface area contributed by atoms with Gasteiger partial charge in [-0.2, -0.15) is 39.5 Å². The molecule has 0 spiro atoms. The van der Waals surface area contributed by atoms with Crippen molar-refractivity contribution in [1.82, 2.24) is 9.80 Å². The lowest BCUT2D eigenvalue weighted by atomic mass is 10.1. The highest BCUT2D eigenvalue weighted by Crippen LogP contribution is 2.37. The van der Waals surface area contributed by atoms with Crippen LogP contribution in [0.25, 0.3) is 0 Å². The first-order valence-corrected chi connectivity index (χ1v) is 12.2. The van der Waals surface area contributed by atoms with Crippen molar-refractivity contribution in [3.63, 3.8) is 0 Å². The minimum Gasteiger partial charge on any atom is -0.478 e. The van der Waals surface area contributed by atoms with Crippen LogP contribution < -0.4 is 4.90 Å². The van der Waals surface area contributed by atoms with E-state index in [1.54, 1.807) is 4.90 Å². The van der Waals surface area contributed by atoms with E-state index >= 15 is 0 Å². The maximum Gasteiger partial charge on any atom is 0.434 e. The fourth-order valence-corrected chi connectivity index (χ4v) is 4.09. The van der Waals surface area contributed by atoms with E-state index in [1.807, 2.05) is 4.90 Å². The third-order valence-electron chi connectivity index (χ3n) is 6.07. The summed E-state index contributed by atoms with van der Waals surface area (Å²) < 4.78 is 119. The standard InChI is InChI=1S/C20H22F9N3O2.C4H4O4/c21-18(22,23)14-4-3-13(15(11-14)31-5-1-2-6-31)12-30-7-9-32(10-8-30)17(33)34-16(19(24,25)26)20(27,28)29;5-3(6)1-2-4(7)8/h3-4,11,16H,1-2,5-10,12H2;1-2H,(H,5,6)(H,7,8)/b;2-1+. The Morgan fingerprint density at radius 1 is 0.810 bits per heavy atom. The summed E-state index contributed by atoms with van der Waals surface area (Å²) in [5.41, 5.74) is 0.266. The van der Waals surface area contributed by atoms with E-state index < -0.39 is 48.2 Å². The van der Waals surface area contributed by atoms with Gasteiger partial charge in [0.25, 0.3) is 6.10 Å². The Hall–Kier alpha value is -3.70. The number of rotatable bonds is 6. The van der Waals surface area contributed by atoms with Gasteiger partial charge in [0.05, 0.1) is 5.56 Å². The van der Waals surface area contributed by atoms with Crippen LogP contribution in [0, 0.1) is 0 Å². The summed E-state index contributed by atoms with van der Waals surface area (Å²) in [7, 11) is 0. The molecule has 0 saturated carbocycles. The van der Waals surface area contributed by atoms with E-state index in [4.69, 9.17) is 10.2 Å². The molecule has 1 amide bonds. The molecule has 0 aromatic heterocycles. The zero-order chi connectivity index (χ0) is 31.9. The van der Waals surface area contributed by atoms with Crippen LogP contribution in [0.15, 0.2) is 30.4 Å². The molecule has 2 fully saturated rings. The van der Waals surface area contributed by atoms with Crippen molar-refractivity contribution in [2.45, 2.75) is 44.0 Å². The third-order valence-corrected chi connectivity index (χ3v) is 6.07. The van der Waals surface area contributed by atoms with E-state index in [1.165, 1.54) is 6.07 Å². The van der Waals surface area contributed by atoms with Crippen LogP contribution >= 0.6 is 0 Å². The molecule has 42 heavy (non-hydrogen) atoms. The molecule has 0 unspecified atom stereocenters. The molecule has 236 valence electrons. The van der Waals surface area contributed by atoms with Gasteiger partial charge in [0, 0.05) is 63.7 Å². The van der Waals surface area contributed by atoms with E-state index in [0.29, 0.717) is 36.5 Å². The summed E-state index contributed by atoms with van der Waals surface area (Å²) in [5.74, 6) is -2.51. The Labute approximate surface area is 232 Å². The number of amides is 1. The molecule has 3 rings (SSSR count). The van der Waals surface area contributed by atoms with Gasteiger partial charge in [0.1, 0.15) is 0 Å². The summed E-state index contributed by atoms with van der Waals surface area (Å²) in [4.78, 5) is 35.4. The third kappa shape index (κ3) is 10.6. The number of ether oxygens (including phenoxy) is 1. The molecule has 0 atom stereocenters. The zero-order valence-corrected chi connectivity index (χ0v) is 21.6. The second-order valence-corrected chi connectivity index (χ2v) is 9.16. The summed E-state index contributed by atoms with van der Waals surface area (Å²) >= 11 is 0. The van der Waals surface area contributed by atoms with Gasteiger partial charge >= 0.3 is 36.6 Å². The number of hydrogen-bond donors (Lipinski definition) is 2. The van der Waals surface area contributed by atoms with E-state index in [9.17, 15) is 53.9 Å². The molecule has 0 aliphatic carbocycles. The first-order valence-electron chi connectivity index (χ1n) is 12.2. The zero-order valence-electron chi connectivity index (χ0n) is 21.6. The average Bonchev–Trinajstić information content (AvgIpc) is 3.40. The lowest BCUT2D eigenvalue weighted by Gasteiger charge is -2.36. The number of benzene rings is 1. The maximum absolute atomic E-state index is 13.2. The number of carboxylic acids is 2. The molecule has 9 nitrogen and oxygen atoms in total. The van der Waals surface area contributed by atoms with Crippen molar-refractivity contribution in [3.8, 4) is 0 Å². The van der Waals surface area contributed by atoms with Gasteiger partial charge in [-0.25, -0.2) is 14.4 Å². The van der Waals surface area contributed by atoms with Crippen molar-refractivity contribution < 1.29 is 68.8 Å². The van der Waals surface area contributed by atoms with Crippen molar-refractivity contribution in [2.75, 3.05) is 44.2 Å².